The van der Waals surface area contributed by atoms with E-state index in [1.54, 1.807) is 25.1 Å². The summed E-state index contributed by atoms with van der Waals surface area (Å²) in [5.41, 5.74) is 0.374. The predicted molar refractivity (Wildman–Crippen MR) is 94.0 cm³/mol. The lowest BCUT2D eigenvalue weighted by Gasteiger charge is -2.10. The summed E-state index contributed by atoms with van der Waals surface area (Å²) in [4.78, 5) is 20.4. The first-order valence-corrected chi connectivity index (χ1v) is 8.02. The van der Waals surface area contributed by atoms with Crippen molar-refractivity contribution >= 4 is 17.4 Å². The van der Waals surface area contributed by atoms with Crippen LogP contribution in [0.1, 0.15) is 21.9 Å². The molecule has 1 amide bonds. The number of benzene rings is 2. The van der Waals surface area contributed by atoms with Crippen molar-refractivity contribution in [2.45, 2.75) is 13.5 Å². The molecular weight excluding hydrogens is 357 g/mol. The zero-order chi connectivity index (χ0) is 19.4. The molecule has 8 heteroatoms. The molecule has 0 atom stereocenters. The maximum absolute atomic E-state index is 13.8. The first-order valence-electron chi connectivity index (χ1n) is 8.02. The van der Waals surface area contributed by atoms with Gasteiger partial charge in [0.05, 0.1) is 5.69 Å². The fourth-order valence-electron chi connectivity index (χ4n) is 2.38. The average molecular weight is 372 g/mol. The molecule has 2 N–H and O–H groups in total. The minimum absolute atomic E-state index is 0.00668. The van der Waals surface area contributed by atoms with Crippen LogP contribution in [0.25, 0.3) is 0 Å². The van der Waals surface area contributed by atoms with E-state index in [9.17, 15) is 18.0 Å². The number of carbonyl (C=O) groups is 1. The number of halogens is 3. The minimum Gasteiger partial charge on any atom is -0.347 e. The van der Waals surface area contributed by atoms with E-state index >= 15 is 0 Å². The van der Waals surface area contributed by atoms with Gasteiger partial charge in [-0.15, -0.1) is 0 Å². The fraction of sp³-hybridized carbons (Fsp3) is 0.105. The zero-order valence-corrected chi connectivity index (χ0v) is 14.3. The molecule has 2 aromatic carbocycles. The van der Waals surface area contributed by atoms with Crippen molar-refractivity contribution < 1.29 is 18.0 Å². The van der Waals surface area contributed by atoms with Gasteiger partial charge in [0.15, 0.2) is 0 Å². The molecule has 0 spiro atoms. The van der Waals surface area contributed by atoms with Crippen molar-refractivity contribution in [1.29, 1.82) is 0 Å². The van der Waals surface area contributed by atoms with E-state index < -0.39 is 23.4 Å². The maximum atomic E-state index is 13.8. The molecule has 138 valence electrons. The summed E-state index contributed by atoms with van der Waals surface area (Å²) in [5.74, 6) is -2.01. The summed E-state index contributed by atoms with van der Waals surface area (Å²) in [7, 11) is 0. The van der Waals surface area contributed by atoms with E-state index in [1.807, 2.05) is 0 Å². The van der Waals surface area contributed by atoms with Gasteiger partial charge in [-0.1, -0.05) is 18.2 Å². The highest BCUT2D eigenvalue weighted by atomic mass is 19.1. The Balaban J connectivity index is 1.76. The molecule has 0 fully saturated rings. The number of hydrogen-bond donors (Lipinski definition) is 2. The van der Waals surface area contributed by atoms with E-state index in [-0.39, 0.29) is 29.6 Å². The normalized spacial score (nSPS) is 10.5. The smallest absolute Gasteiger partial charge is 0.270 e. The summed E-state index contributed by atoms with van der Waals surface area (Å²) in [6.07, 6.45) is 0. The lowest BCUT2D eigenvalue weighted by atomic mass is 10.2. The molecule has 0 bridgehead atoms. The van der Waals surface area contributed by atoms with Gasteiger partial charge in [0.1, 0.15) is 34.8 Å². The van der Waals surface area contributed by atoms with Crippen LogP contribution in [-0.4, -0.2) is 15.9 Å². The van der Waals surface area contributed by atoms with Crippen molar-refractivity contribution in [2.75, 3.05) is 5.32 Å². The second kappa shape index (κ2) is 7.86. The van der Waals surface area contributed by atoms with Crippen LogP contribution in [-0.2, 0) is 6.54 Å². The zero-order valence-electron chi connectivity index (χ0n) is 14.3. The number of amides is 1. The van der Waals surface area contributed by atoms with E-state index in [0.717, 1.165) is 12.1 Å². The van der Waals surface area contributed by atoms with Crippen LogP contribution in [0.4, 0.5) is 24.7 Å². The van der Waals surface area contributed by atoms with Crippen LogP contribution in [0, 0.1) is 24.4 Å². The summed E-state index contributed by atoms with van der Waals surface area (Å²) in [6.45, 7) is 1.56. The van der Waals surface area contributed by atoms with Crippen LogP contribution < -0.4 is 10.6 Å². The Hall–Kier alpha value is -3.42. The number of rotatable bonds is 5. The first-order chi connectivity index (χ1) is 12.9. The van der Waals surface area contributed by atoms with E-state index in [4.69, 9.17) is 0 Å². The third kappa shape index (κ3) is 4.60. The summed E-state index contributed by atoms with van der Waals surface area (Å²) in [6, 6.07) is 10.5. The second-order valence-electron chi connectivity index (χ2n) is 5.71. The number of aryl methyl sites for hydroxylation is 1. The SMILES string of the molecule is Cc1nc(Nc2ccc(F)cc2F)cc(C(=O)NCc2ccccc2F)n1. The van der Waals surface area contributed by atoms with Crippen molar-refractivity contribution in [3.63, 3.8) is 0 Å². The largest absolute Gasteiger partial charge is 0.347 e. The molecule has 3 rings (SSSR count). The Kier molecular flexibility index (Phi) is 5.35. The first kappa shape index (κ1) is 18.4. The highest BCUT2D eigenvalue weighted by Gasteiger charge is 2.13. The third-order valence-corrected chi connectivity index (χ3v) is 3.66. The second-order valence-corrected chi connectivity index (χ2v) is 5.71. The lowest BCUT2D eigenvalue weighted by Crippen LogP contribution is -2.25. The van der Waals surface area contributed by atoms with Gasteiger partial charge in [-0.05, 0) is 25.1 Å². The molecule has 0 unspecified atom stereocenters. The van der Waals surface area contributed by atoms with E-state index in [2.05, 4.69) is 20.6 Å². The highest BCUT2D eigenvalue weighted by Crippen LogP contribution is 2.20. The molecule has 0 aliphatic heterocycles. The molecule has 0 radical (unpaired) electrons. The van der Waals surface area contributed by atoms with Gasteiger partial charge in [0.2, 0.25) is 0 Å². The van der Waals surface area contributed by atoms with Crippen LogP contribution in [0.15, 0.2) is 48.5 Å². The van der Waals surface area contributed by atoms with Gasteiger partial charge in [0, 0.05) is 24.2 Å². The van der Waals surface area contributed by atoms with Gasteiger partial charge in [-0.2, -0.15) is 0 Å². The maximum Gasteiger partial charge on any atom is 0.270 e. The minimum atomic E-state index is -0.795. The Bertz CT molecular complexity index is 994. The van der Waals surface area contributed by atoms with Crippen molar-refractivity contribution in [3.05, 3.63) is 83.1 Å². The molecule has 3 aromatic rings. The topological polar surface area (TPSA) is 66.9 Å². The number of carbonyl (C=O) groups excluding carboxylic acids is 1. The quantitative estimate of drug-likeness (QED) is 0.713. The summed E-state index contributed by atoms with van der Waals surface area (Å²) < 4.78 is 40.4. The van der Waals surface area contributed by atoms with Gasteiger partial charge >= 0.3 is 0 Å². The molecule has 27 heavy (non-hydrogen) atoms. The Morgan fingerprint density at radius 2 is 1.78 bits per heavy atom. The number of nitrogens with zero attached hydrogens (tertiary/aromatic N) is 2. The number of anilines is 2. The van der Waals surface area contributed by atoms with Crippen LogP contribution in [0.2, 0.25) is 0 Å². The summed E-state index contributed by atoms with van der Waals surface area (Å²) >= 11 is 0. The average Bonchev–Trinajstić information content (AvgIpc) is 2.63. The van der Waals surface area contributed by atoms with Gasteiger partial charge in [-0.3, -0.25) is 4.79 Å². The van der Waals surface area contributed by atoms with Crippen LogP contribution >= 0.6 is 0 Å². The third-order valence-electron chi connectivity index (χ3n) is 3.66. The van der Waals surface area contributed by atoms with E-state index in [0.29, 0.717) is 5.56 Å². The molecule has 0 saturated heterocycles. The van der Waals surface area contributed by atoms with Gasteiger partial charge < -0.3 is 10.6 Å². The molecule has 1 aromatic heterocycles. The molecule has 5 nitrogen and oxygen atoms in total. The molecule has 1 heterocycles. The molecule has 0 saturated carbocycles. The number of aromatic nitrogens is 2. The molecule has 0 aliphatic rings. The standard InChI is InChI=1S/C19H15F3N4O/c1-11-24-17(19(27)23-10-12-4-2-3-5-14(12)21)9-18(25-11)26-16-7-6-13(20)8-15(16)22/h2-9H,10H2,1H3,(H,23,27)(H,24,25,26). The monoisotopic (exact) mass is 372 g/mol. The van der Waals surface area contributed by atoms with Crippen molar-refractivity contribution in [2.24, 2.45) is 0 Å². The van der Waals surface area contributed by atoms with Gasteiger partial charge in [0.25, 0.3) is 5.91 Å². The fourth-order valence-corrected chi connectivity index (χ4v) is 2.38. The Labute approximate surface area is 153 Å². The lowest BCUT2D eigenvalue weighted by molar-refractivity contribution is 0.0945. The van der Waals surface area contributed by atoms with Gasteiger partial charge in [-0.25, -0.2) is 23.1 Å². The number of nitrogens with one attached hydrogen (secondary N) is 2. The molecule has 0 aliphatic carbocycles. The Morgan fingerprint density at radius 3 is 2.52 bits per heavy atom. The van der Waals surface area contributed by atoms with Crippen molar-refractivity contribution in [3.8, 4) is 0 Å². The summed E-state index contributed by atoms with van der Waals surface area (Å²) in [5, 5.41) is 5.26. The Morgan fingerprint density at radius 1 is 1.00 bits per heavy atom. The van der Waals surface area contributed by atoms with E-state index in [1.165, 1.54) is 18.2 Å². The highest BCUT2D eigenvalue weighted by molar-refractivity contribution is 5.93. The predicted octanol–water partition coefficient (Wildman–Crippen LogP) is 3.88. The molecular formula is C19H15F3N4O. The van der Waals surface area contributed by atoms with Crippen LogP contribution in [0.5, 0.6) is 0 Å². The van der Waals surface area contributed by atoms with Crippen LogP contribution in [0.3, 0.4) is 0 Å². The number of hydrogen-bond acceptors (Lipinski definition) is 4. The van der Waals surface area contributed by atoms with Crippen molar-refractivity contribution in [1.82, 2.24) is 15.3 Å².